The number of aliphatic hydroxyl groups is 1. The number of hydrogen-bond acceptors (Lipinski definition) is 6. The standard InChI is InChI=1S/C23H22Cl2N2O4/c1-2-3-4-5-15-22(26-13-6-8-18(28)16(24)10-13)20(30)12-21(31)23(15)27-14-7-9-19(29)17(25)11-14/h6-12,26,28-29,31H,2-5H2,1H3/b27-23+. The van der Waals surface area contributed by atoms with Gasteiger partial charge in [0.25, 0.3) is 0 Å². The number of phenols is 2. The van der Waals surface area contributed by atoms with Crippen LogP contribution in [0.1, 0.15) is 32.6 Å². The van der Waals surface area contributed by atoms with Crippen molar-refractivity contribution < 1.29 is 20.1 Å². The summed E-state index contributed by atoms with van der Waals surface area (Å²) in [6.45, 7) is 2.07. The number of rotatable bonds is 7. The maximum absolute atomic E-state index is 12.8. The van der Waals surface area contributed by atoms with Gasteiger partial charge in [0.2, 0.25) is 5.78 Å². The molecule has 1 aliphatic rings. The zero-order valence-corrected chi connectivity index (χ0v) is 18.3. The van der Waals surface area contributed by atoms with Crippen LogP contribution in [0.25, 0.3) is 0 Å². The first-order chi connectivity index (χ1) is 14.8. The van der Waals surface area contributed by atoms with E-state index in [0.717, 1.165) is 25.3 Å². The number of carbonyl (C=O) groups excluding carboxylic acids is 1. The number of nitrogens with zero attached hydrogens (tertiary/aromatic N) is 1. The van der Waals surface area contributed by atoms with Crippen LogP contribution in [0, 0.1) is 0 Å². The van der Waals surface area contributed by atoms with E-state index in [2.05, 4.69) is 17.2 Å². The molecule has 0 fully saturated rings. The van der Waals surface area contributed by atoms with E-state index >= 15 is 0 Å². The number of benzene rings is 2. The van der Waals surface area contributed by atoms with E-state index in [1.165, 1.54) is 24.3 Å². The average molecular weight is 461 g/mol. The van der Waals surface area contributed by atoms with Gasteiger partial charge in [0, 0.05) is 17.3 Å². The normalized spacial score (nSPS) is 15.4. The lowest BCUT2D eigenvalue weighted by molar-refractivity contribution is -0.111. The summed E-state index contributed by atoms with van der Waals surface area (Å²) >= 11 is 12.0. The molecule has 1 aliphatic carbocycles. The Morgan fingerprint density at radius 1 is 0.968 bits per heavy atom. The first-order valence-electron chi connectivity index (χ1n) is 9.81. The molecule has 4 N–H and O–H groups in total. The Labute approximate surface area is 190 Å². The molecule has 162 valence electrons. The van der Waals surface area contributed by atoms with Crippen molar-refractivity contribution in [3.8, 4) is 11.5 Å². The zero-order valence-electron chi connectivity index (χ0n) is 16.8. The van der Waals surface area contributed by atoms with Gasteiger partial charge >= 0.3 is 0 Å². The molecule has 3 rings (SSSR count). The zero-order chi connectivity index (χ0) is 22.5. The number of halogens is 2. The van der Waals surface area contributed by atoms with Gasteiger partial charge in [-0.3, -0.25) is 4.79 Å². The largest absolute Gasteiger partial charge is 0.506 e. The lowest BCUT2D eigenvalue weighted by Crippen LogP contribution is -2.24. The summed E-state index contributed by atoms with van der Waals surface area (Å²) in [5, 5.41) is 33.2. The molecule has 8 heteroatoms. The molecule has 31 heavy (non-hydrogen) atoms. The van der Waals surface area contributed by atoms with Gasteiger partial charge in [0.1, 0.15) is 23.0 Å². The molecule has 0 unspecified atom stereocenters. The Kier molecular flexibility index (Phi) is 7.25. The first-order valence-corrected chi connectivity index (χ1v) is 10.6. The van der Waals surface area contributed by atoms with Crippen molar-refractivity contribution in [2.24, 2.45) is 4.99 Å². The number of phenolic OH excluding ortho intramolecular Hbond substituents is 2. The fourth-order valence-electron chi connectivity index (χ4n) is 3.17. The summed E-state index contributed by atoms with van der Waals surface area (Å²) in [6.07, 6.45) is 4.34. The van der Waals surface area contributed by atoms with E-state index in [1.54, 1.807) is 12.1 Å². The van der Waals surface area contributed by atoms with E-state index < -0.39 is 5.78 Å². The Bertz CT molecular complexity index is 1110. The van der Waals surface area contributed by atoms with Crippen LogP contribution in [0.3, 0.4) is 0 Å². The number of nitrogens with one attached hydrogen (secondary N) is 1. The molecule has 0 radical (unpaired) electrons. The molecule has 2 aromatic carbocycles. The molecule has 0 spiro atoms. The minimum absolute atomic E-state index is 0.0664. The van der Waals surface area contributed by atoms with Crippen LogP contribution < -0.4 is 5.32 Å². The van der Waals surface area contributed by atoms with Gasteiger partial charge in [-0.25, -0.2) is 4.99 Å². The quantitative estimate of drug-likeness (QED) is 0.216. The minimum Gasteiger partial charge on any atom is -0.506 e. The van der Waals surface area contributed by atoms with E-state index in [4.69, 9.17) is 23.2 Å². The van der Waals surface area contributed by atoms with Crippen molar-refractivity contribution in [2.75, 3.05) is 5.32 Å². The second-order valence-electron chi connectivity index (χ2n) is 7.09. The molecule has 0 aromatic heterocycles. The number of aromatic hydroxyl groups is 2. The van der Waals surface area contributed by atoms with E-state index in [-0.39, 0.29) is 38.7 Å². The Hall–Kier alpha value is -2.96. The highest BCUT2D eigenvalue weighted by molar-refractivity contribution is 6.32. The van der Waals surface area contributed by atoms with Crippen LogP contribution in [0.5, 0.6) is 11.5 Å². The molecule has 2 aromatic rings. The third kappa shape index (κ3) is 5.40. The van der Waals surface area contributed by atoms with Crippen LogP contribution in [0.15, 0.2) is 64.5 Å². The Morgan fingerprint density at radius 2 is 1.65 bits per heavy atom. The molecule has 0 aliphatic heterocycles. The lowest BCUT2D eigenvalue weighted by Gasteiger charge is -2.21. The number of carbonyl (C=O) groups is 1. The minimum atomic E-state index is -0.393. The summed E-state index contributed by atoms with van der Waals surface area (Å²) in [6, 6.07) is 8.98. The second kappa shape index (κ2) is 9.90. The maximum Gasteiger partial charge on any atom is 0.206 e. The maximum atomic E-state index is 12.8. The van der Waals surface area contributed by atoms with Gasteiger partial charge in [0.15, 0.2) is 0 Å². The fourth-order valence-corrected chi connectivity index (χ4v) is 3.52. The van der Waals surface area contributed by atoms with Crippen LogP contribution in [0.2, 0.25) is 10.0 Å². The summed E-state index contributed by atoms with van der Waals surface area (Å²) in [4.78, 5) is 17.3. The number of aliphatic hydroxyl groups excluding tert-OH is 1. The van der Waals surface area contributed by atoms with Crippen LogP contribution in [0.4, 0.5) is 11.4 Å². The van der Waals surface area contributed by atoms with Crippen molar-refractivity contribution in [1.82, 2.24) is 0 Å². The Morgan fingerprint density at radius 3 is 2.29 bits per heavy atom. The summed E-state index contributed by atoms with van der Waals surface area (Å²) in [5.41, 5.74) is 2.03. The van der Waals surface area contributed by atoms with Gasteiger partial charge in [-0.2, -0.15) is 0 Å². The van der Waals surface area contributed by atoms with Gasteiger partial charge in [-0.15, -0.1) is 0 Å². The second-order valence-corrected chi connectivity index (χ2v) is 7.91. The van der Waals surface area contributed by atoms with Gasteiger partial charge in [0.05, 0.1) is 21.4 Å². The fraction of sp³-hybridized carbons (Fsp3) is 0.217. The van der Waals surface area contributed by atoms with Gasteiger partial charge in [-0.1, -0.05) is 43.0 Å². The lowest BCUT2D eigenvalue weighted by atomic mass is 9.92. The number of anilines is 1. The Balaban J connectivity index is 2.08. The SMILES string of the molecule is CCCCCC1=C(Nc2ccc(O)c(Cl)c2)C(=O)C=C(O)/C1=N/c1ccc(O)c(Cl)c1. The number of hydrogen-bond donors (Lipinski definition) is 4. The topological polar surface area (TPSA) is 102 Å². The molecule has 0 heterocycles. The molecular formula is C23H22Cl2N2O4. The predicted molar refractivity (Wildman–Crippen MR) is 124 cm³/mol. The van der Waals surface area contributed by atoms with Crippen molar-refractivity contribution in [2.45, 2.75) is 32.6 Å². The number of allylic oxidation sites excluding steroid dienone is 2. The third-order valence-corrected chi connectivity index (χ3v) is 5.37. The third-order valence-electron chi connectivity index (χ3n) is 4.76. The molecule has 0 bridgehead atoms. The number of ketones is 1. The van der Waals surface area contributed by atoms with Crippen molar-refractivity contribution >= 4 is 46.1 Å². The van der Waals surface area contributed by atoms with Crippen molar-refractivity contribution in [3.63, 3.8) is 0 Å². The van der Waals surface area contributed by atoms with Gasteiger partial charge in [-0.05, 0) is 49.2 Å². The summed E-state index contributed by atoms with van der Waals surface area (Å²) in [7, 11) is 0. The highest BCUT2D eigenvalue weighted by Gasteiger charge is 2.27. The highest BCUT2D eigenvalue weighted by atomic mass is 35.5. The molecule has 0 saturated heterocycles. The van der Waals surface area contributed by atoms with Gasteiger partial charge < -0.3 is 20.6 Å². The monoisotopic (exact) mass is 460 g/mol. The number of aliphatic imine (C=N–C) groups is 1. The average Bonchev–Trinajstić information content (AvgIpc) is 2.72. The molecule has 0 saturated carbocycles. The number of unbranched alkanes of at least 4 members (excludes halogenated alkanes) is 2. The van der Waals surface area contributed by atoms with E-state index in [0.29, 0.717) is 23.4 Å². The smallest absolute Gasteiger partial charge is 0.206 e. The van der Waals surface area contributed by atoms with Crippen molar-refractivity contribution in [3.05, 3.63) is 69.5 Å². The molecule has 6 nitrogen and oxygen atoms in total. The van der Waals surface area contributed by atoms with E-state index in [1.807, 2.05) is 0 Å². The van der Waals surface area contributed by atoms with Crippen molar-refractivity contribution in [1.29, 1.82) is 0 Å². The summed E-state index contributed by atoms with van der Waals surface area (Å²) < 4.78 is 0. The molecular weight excluding hydrogens is 439 g/mol. The van der Waals surface area contributed by atoms with Crippen LogP contribution in [-0.2, 0) is 4.79 Å². The summed E-state index contributed by atoms with van der Waals surface area (Å²) in [5.74, 6) is -0.774. The van der Waals surface area contributed by atoms with E-state index in [9.17, 15) is 20.1 Å². The molecule has 0 amide bonds. The van der Waals surface area contributed by atoms with Crippen LogP contribution in [-0.4, -0.2) is 26.8 Å². The molecule has 0 atom stereocenters. The van der Waals surface area contributed by atoms with Crippen LogP contribution >= 0.6 is 23.2 Å². The highest BCUT2D eigenvalue weighted by Crippen LogP contribution is 2.32. The first kappa shape index (κ1) is 22.7. The predicted octanol–water partition coefficient (Wildman–Crippen LogP) is 6.45.